The molecule has 0 unspecified atom stereocenters. The van der Waals surface area contributed by atoms with Crippen LogP contribution in [0.5, 0.6) is 0 Å². The zero-order chi connectivity index (χ0) is 65.4. The number of nitrogens with zero attached hydrogens (tertiary/aromatic N) is 7. The van der Waals surface area contributed by atoms with Crippen LogP contribution in [0.1, 0.15) is 37.0 Å². The molecule has 5 heterocycles. The molecule has 5 aromatic heterocycles. The van der Waals surface area contributed by atoms with Crippen LogP contribution in [-0.2, 0) is 0 Å². The Bertz CT molecular complexity index is 5620. The predicted octanol–water partition coefficient (Wildman–Crippen LogP) is 13.9. The summed E-state index contributed by atoms with van der Waals surface area (Å²) in [4.78, 5) is 14.3. The number of hydrogen-bond acceptors (Lipinski definition) is 3. The van der Waals surface area contributed by atoms with Crippen LogP contribution in [0.15, 0.2) is 212 Å². The summed E-state index contributed by atoms with van der Waals surface area (Å²) < 4.78 is 254. The summed E-state index contributed by atoms with van der Waals surface area (Å²) in [7, 11) is 0. The van der Waals surface area contributed by atoms with Crippen molar-refractivity contribution < 1.29 is 37.0 Å². The van der Waals surface area contributed by atoms with E-state index in [-0.39, 0.29) is 11.1 Å². The Morgan fingerprint density at radius 2 is 0.719 bits per heavy atom. The maximum atomic E-state index is 10.2. The van der Waals surface area contributed by atoms with Gasteiger partial charge in [0.05, 0.1) is 86.8 Å². The van der Waals surface area contributed by atoms with E-state index in [1.165, 1.54) is 0 Å². The Morgan fingerprint density at radius 3 is 1.23 bits per heavy atom. The molecule has 298 valence electrons. The van der Waals surface area contributed by atoms with Crippen LogP contribution in [0.2, 0.25) is 0 Å². The Hall–Kier alpha value is -8.81. The summed E-state index contributed by atoms with van der Waals surface area (Å²) in [6, 6.07) is -9.52. The van der Waals surface area contributed by atoms with Gasteiger partial charge >= 0.3 is 0 Å². The van der Waals surface area contributed by atoms with Crippen LogP contribution < -0.4 is 0 Å². The van der Waals surface area contributed by atoms with E-state index in [0.29, 0.717) is 21.8 Å². The van der Waals surface area contributed by atoms with Gasteiger partial charge in [-0.25, -0.2) is 0 Å². The van der Waals surface area contributed by atoms with E-state index < -0.39 is 252 Å². The standard InChI is InChI=1S/C57H35N7/c1-9-25-46-37(17-1)38-18-2-10-26-47(38)61(46)36-33-34-54-45(35-36)43-23-7-15-31-52(43)64(54)57-59-55(58-56(60-57)63-50-29-13-5-21-41(50)42-22-6-14-30-51(42)63)44-24-8-16-32-53(44)62-48-27-11-3-19-39(48)40-20-4-12-28-49(40)62/h1-35H/i3D,4D,5D,6D,7D,8D,11D,12D,13D,14D,15D,16D,19D,20D,21D,22D,23D,24D,27D,28D,29D,30D,31D,32D,33D,34D,35D. The Labute approximate surface area is 403 Å². The molecule has 0 aliphatic rings. The number of hydrogen-bond donors (Lipinski definition) is 0. The molecular weight excluding hydrogens is 783 g/mol. The highest BCUT2D eigenvalue weighted by Gasteiger charge is 2.23. The van der Waals surface area contributed by atoms with Gasteiger partial charge < -0.3 is 9.13 Å². The van der Waals surface area contributed by atoms with Crippen molar-refractivity contribution >= 4 is 87.2 Å². The monoisotopic (exact) mass is 844 g/mol. The van der Waals surface area contributed by atoms with E-state index in [1.807, 2.05) is 12.1 Å². The first-order valence-corrected chi connectivity index (χ1v) is 19.4. The number of rotatable bonds is 5. The van der Waals surface area contributed by atoms with Gasteiger partial charge in [0.25, 0.3) is 0 Å². The van der Waals surface area contributed by atoms with Gasteiger partial charge in [-0.05, 0) is 72.6 Å². The Balaban J connectivity index is 1.25. The molecule has 7 heteroatoms. The Morgan fingerprint density at radius 1 is 0.312 bits per heavy atom. The van der Waals surface area contributed by atoms with Crippen molar-refractivity contribution in [2.75, 3.05) is 0 Å². The van der Waals surface area contributed by atoms with Crippen LogP contribution in [0.4, 0.5) is 0 Å². The minimum atomic E-state index is -1.08. The van der Waals surface area contributed by atoms with Crippen LogP contribution in [0, 0.1) is 0 Å². The van der Waals surface area contributed by atoms with Crippen molar-refractivity contribution in [1.29, 1.82) is 0 Å². The van der Waals surface area contributed by atoms with E-state index in [9.17, 15) is 19.2 Å². The molecule has 0 bridgehead atoms. The van der Waals surface area contributed by atoms with Crippen molar-refractivity contribution in [2.45, 2.75) is 0 Å². The molecule has 0 aliphatic carbocycles. The van der Waals surface area contributed by atoms with Crippen LogP contribution in [-0.4, -0.2) is 33.2 Å². The average Bonchev–Trinajstić information content (AvgIpc) is 1.58. The molecule has 64 heavy (non-hydrogen) atoms. The van der Waals surface area contributed by atoms with E-state index in [0.717, 1.165) is 13.7 Å². The average molecular weight is 845 g/mol. The molecule has 0 aliphatic heterocycles. The lowest BCUT2D eigenvalue weighted by Crippen LogP contribution is -2.11. The second-order valence-electron chi connectivity index (χ2n) is 14.4. The first kappa shape index (κ1) is 17.9. The van der Waals surface area contributed by atoms with Crippen LogP contribution >= 0.6 is 0 Å². The minimum Gasteiger partial charge on any atom is -0.309 e. The third-order valence-electron chi connectivity index (χ3n) is 11.1. The molecule has 0 spiro atoms. The largest absolute Gasteiger partial charge is 0.309 e. The summed E-state index contributed by atoms with van der Waals surface area (Å²) in [5.74, 6) is -2.82. The lowest BCUT2D eigenvalue weighted by atomic mass is 10.1. The van der Waals surface area contributed by atoms with Gasteiger partial charge in [-0.2, -0.15) is 15.0 Å². The van der Waals surface area contributed by atoms with Crippen molar-refractivity contribution in [2.24, 2.45) is 0 Å². The van der Waals surface area contributed by atoms with Gasteiger partial charge in [-0.3, -0.25) is 9.13 Å². The first-order chi connectivity index (χ1) is 43.0. The number of para-hydroxylation sites is 8. The fourth-order valence-electron chi connectivity index (χ4n) is 8.55. The van der Waals surface area contributed by atoms with Gasteiger partial charge in [0, 0.05) is 54.3 Å². The second kappa shape index (κ2) is 13.3. The summed E-state index contributed by atoms with van der Waals surface area (Å²) in [5, 5.41) is -1.56. The van der Waals surface area contributed by atoms with Gasteiger partial charge in [-0.15, -0.1) is 0 Å². The van der Waals surface area contributed by atoms with Crippen molar-refractivity contribution in [3.05, 3.63) is 212 Å². The molecule has 7 nitrogen and oxygen atoms in total. The second-order valence-corrected chi connectivity index (χ2v) is 14.4. The highest BCUT2D eigenvalue weighted by atomic mass is 15.3. The molecule has 9 aromatic carbocycles. The van der Waals surface area contributed by atoms with Crippen LogP contribution in [0.3, 0.4) is 0 Å². The fraction of sp³-hybridized carbons (Fsp3) is 0. The van der Waals surface area contributed by atoms with Crippen molar-refractivity contribution in [3.63, 3.8) is 0 Å². The van der Waals surface area contributed by atoms with Gasteiger partial charge in [-0.1, -0.05) is 139 Å². The van der Waals surface area contributed by atoms with Gasteiger partial charge in [0.15, 0.2) is 5.82 Å². The Kier molecular flexibility index (Phi) is 3.73. The highest BCUT2D eigenvalue weighted by Crippen LogP contribution is 2.39. The summed E-state index contributed by atoms with van der Waals surface area (Å²) in [6.07, 6.45) is 0. The number of aromatic nitrogens is 7. The summed E-state index contributed by atoms with van der Waals surface area (Å²) in [6.45, 7) is 0. The maximum Gasteiger partial charge on any atom is 0.240 e. The fourth-order valence-corrected chi connectivity index (χ4v) is 8.55. The molecule has 0 saturated carbocycles. The van der Waals surface area contributed by atoms with E-state index in [1.54, 1.807) is 41.0 Å². The zero-order valence-corrected chi connectivity index (χ0v) is 32.2. The predicted molar refractivity (Wildman–Crippen MR) is 263 cm³/mol. The smallest absolute Gasteiger partial charge is 0.240 e. The summed E-state index contributed by atoms with van der Waals surface area (Å²) >= 11 is 0. The normalized spacial score (nSPS) is 18.0. The molecule has 14 rings (SSSR count). The summed E-state index contributed by atoms with van der Waals surface area (Å²) in [5.41, 5.74) is -4.70. The third-order valence-corrected chi connectivity index (χ3v) is 11.1. The van der Waals surface area contributed by atoms with Gasteiger partial charge in [0.1, 0.15) is 0 Å². The molecule has 14 aromatic rings. The highest BCUT2D eigenvalue weighted by molar-refractivity contribution is 6.13. The van der Waals surface area contributed by atoms with Crippen molar-refractivity contribution in [3.8, 4) is 34.7 Å². The third kappa shape index (κ3) is 4.89. The van der Waals surface area contributed by atoms with E-state index in [2.05, 4.69) is 0 Å². The molecule has 0 saturated heterocycles. The molecule has 0 radical (unpaired) electrons. The SMILES string of the molecule is [2H]c1c([2H])c([2H])c(-n2c3c([2H])c([2H])c([2H])c([2H])c3c3c([2H])c([2H])c([2H])c([2H])c32)c(-c2nc(-n3c4c([2H])c([2H])c([2H])c([2H])c4c4c([2H])c([2H])c([2H])c([2H])c43)nc(-n3c4c([2H])c([2H])c([2H])c([2H])c4c4c([2H])c(-n5c6ccccc6c6ccccc65)c([2H])c([2H])c43)n2)c1[2H]. The van der Waals surface area contributed by atoms with E-state index in [4.69, 9.17) is 32.8 Å². The molecule has 0 atom stereocenters. The minimum absolute atomic E-state index is 0.223. The van der Waals surface area contributed by atoms with Crippen LogP contribution in [0.25, 0.3) is 122 Å². The molecular formula is C57H35N7. The number of fused-ring (bicyclic) bond motifs is 12. The molecule has 0 fully saturated rings. The topological polar surface area (TPSA) is 58.4 Å². The van der Waals surface area contributed by atoms with E-state index >= 15 is 0 Å². The quantitative estimate of drug-likeness (QED) is 0.173. The van der Waals surface area contributed by atoms with Gasteiger partial charge in [0.2, 0.25) is 11.9 Å². The van der Waals surface area contributed by atoms with Crippen molar-refractivity contribution in [1.82, 2.24) is 33.2 Å². The lowest BCUT2D eigenvalue weighted by molar-refractivity contribution is 0.892. The molecule has 0 amide bonds. The maximum absolute atomic E-state index is 10.2. The first-order valence-electron chi connectivity index (χ1n) is 32.9. The molecule has 0 N–H and O–H groups in total. The number of benzene rings is 9. The lowest BCUT2D eigenvalue weighted by Gasteiger charge is -2.16. The zero-order valence-electron chi connectivity index (χ0n) is 59.2.